The van der Waals surface area contributed by atoms with Crippen LogP contribution in [0.25, 0.3) is 22.4 Å². The minimum absolute atomic E-state index is 0.247. The summed E-state index contributed by atoms with van der Waals surface area (Å²) in [5, 5.41) is 9.16. The van der Waals surface area contributed by atoms with Gasteiger partial charge in [0.1, 0.15) is 5.82 Å². The molecule has 0 aliphatic carbocycles. The molecule has 0 saturated heterocycles. The topological polar surface area (TPSA) is 66.0 Å². The van der Waals surface area contributed by atoms with Crippen molar-refractivity contribution in [3.8, 4) is 11.4 Å². The molecule has 0 unspecified atom stereocenters. The number of aromatic amines is 1. The fourth-order valence-corrected chi connectivity index (χ4v) is 1.96. The van der Waals surface area contributed by atoms with Crippen LogP contribution in [0.5, 0.6) is 0 Å². The number of carboxylic acids is 1. The first-order valence-corrected chi connectivity index (χ1v) is 5.53. The number of para-hydroxylation sites is 2. The van der Waals surface area contributed by atoms with Gasteiger partial charge in [0.2, 0.25) is 0 Å². The van der Waals surface area contributed by atoms with Gasteiger partial charge in [-0.1, -0.05) is 30.3 Å². The van der Waals surface area contributed by atoms with Gasteiger partial charge in [-0.15, -0.1) is 0 Å². The van der Waals surface area contributed by atoms with Gasteiger partial charge in [0.25, 0.3) is 0 Å². The zero-order valence-electron chi connectivity index (χ0n) is 9.42. The Morgan fingerprint density at radius 3 is 2.56 bits per heavy atom. The number of carbonyl (C=O) groups is 1. The molecule has 2 aromatic carbocycles. The lowest BCUT2D eigenvalue weighted by molar-refractivity contribution is 0.0697. The number of H-pyrrole nitrogens is 1. The number of imidazole rings is 1. The lowest BCUT2D eigenvalue weighted by Crippen LogP contribution is -1.99. The third kappa shape index (κ3) is 1.64. The van der Waals surface area contributed by atoms with E-state index in [0.717, 1.165) is 11.0 Å². The van der Waals surface area contributed by atoms with Gasteiger partial charge in [0, 0.05) is 5.56 Å². The Labute approximate surface area is 103 Å². The summed E-state index contributed by atoms with van der Waals surface area (Å²) in [6.07, 6.45) is 0. The molecular formula is C14H10N2O2. The van der Waals surface area contributed by atoms with Crippen LogP contribution in [0.15, 0.2) is 48.5 Å². The summed E-state index contributed by atoms with van der Waals surface area (Å²) in [4.78, 5) is 18.7. The van der Waals surface area contributed by atoms with Crippen molar-refractivity contribution < 1.29 is 9.90 Å². The van der Waals surface area contributed by atoms with Gasteiger partial charge in [0.05, 0.1) is 16.6 Å². The first kappa shape index (κ1) is 10.5. The quantitative estimate of drug-likeness (QED) is 0.721. The van der Waals surface area contributed by atoms with Crippen LogP contribution >= 0.6 is 0 Å². The van der Waals surface area contributed by atoms with E-state index in [0.29, 0.717) is 11.4 Å². The molecule has 0 spiro atoms. The summed E-state index contributed by atoms with van der Waals surface area (Å²) in [6, 6.07) is 14.4. The van der Waals surface area contributed by atoms with Gasteiger partial charge in [-0.2, -0.15) is 0 Å². The minimum Gasteiger partial charge on any atom is -0.478 e. The summed E-state index contributed by atoms with van der Waals surface area (Å²) in [7, 11) is 0. The van der Waals surface area contributed by atoms with Crippen molar-refractivity contribution >= 4 is 17.0 Å². The Bertz CT molecular complexity index is 698. The van der Waals surface area contributed by atoms with Gasteiger partial charge >= 0.3 is 5.97 Å². The first-order chi connectivity index (χ1) is 8.75. The number of aromatic nitrogens is 2. The fourth-order valence-electron chi connectivity index (χ4n) is 1.96. The number of fused-ring (bicyclic) bond motifs is 1. The number of benzene rings is 2. The van der Waals surface area contributed by atoms with Crippen LogP contribution in [-0.2, 0) is 0 Å². The van der Waals surface area contributed by atoms with Gasteiger partial charge < -0.3 is 10.1 Å². The van der Waals surface area contributed by atoms with Crippen molar-refractivity contribution in [3.63, 3.8) is 0 Å². The molecule has 3 rings (SSSR count). The third-order valence-electron chi connectivity index (χ3n) is 2.80. The van der Waals surface area contributed by atoms with Gasteiger partial charge in [0.15, 0.2) is 0 Å². The molecular weight excluding hydrogens is 228 g/mol. The fraction of sp³-hybridized carbons (Fsp3) is 0. The Kier molecular flexibility index (Phi) is 2.34. The van der Waals surface area contributed by atoms with E-state index in [1.165, 1.54) is 0 Å². The zero-order chi connectivity index (χ0) is 12.5. The van der Waals surface area contributed by atoms with E-state index in [1.807, 2.05) is 24.3 Å². The highest BCUT2D eigenvalue weighted by molar-refractivity contribution is 5.95. The van der Waals surface area contributed by atoms with Crippen LogP contribution in [0.2, 0.25) is 0 Å². The van der Waals surface area contributed by atoms with Crippen LogP contribution in [0.3, 0.4) is 0 Å². The summed E-state index contributed by atoms with van der Waals surface area (Å²) >= 11 is 0. The number of aromatic carboxylic acids is 1. The van der Waals surface area contributed by atoms with Crippen molar-refractivity contribution in [1.29, 1.82) is 0 Å². The highest BCUT2D eigenvalue weighted by atomic mass is 16.4. The van der Waals surface area contributed by atoms with Crippen LogP contribution < -0.4 is 0 Å². The number of nitrogens with zero attached hydrogens (tertiary/aromatic N) is 1. The lowest BCUT2D eigenvalue weighted by Gasteiger charge is -2.01. The number of nitrogens with one attached hydrogen (secondary N) is 1. The number of hydrogen-bond acceptors (Lipinski definition) is 2. The standard InChI is InChI=1S/C14H10N2O2/c17-14(18)10-6-2-1-5-9(10)13-15-11-7-3-4-8-12(11)16-13/h1-8H,(H,15,16)(H,17,18). The molecule has 0 bridgehead atoms. The summed E-state index contributed by atoms with van der Waals surface area (Å²) < 4.78 is 0. The van der Waals surface area contributed by atoms with Crippen molar-refractivity contribution in [1.82, 2.24) is 9.97 Å². The maximum atomic E-state index is 11.2. The predicted molar refractivity (Wildman–Crippen MR) is 68.5 cm³/mol. The van der Waals surface area contributed by atoms with E-state index in [1.54, 1.807) is 24.3 Å². The lowest BCUT2D eigenvalue weighted by atomic mass is 10.1. The number of hydrogen-bond donors (Lipinski definition) is 2. The van der Waals surface area contributed by atoms with E-state index in [2.05, 4.69) is 9.97 Å². The third-order valence-corrected chi connectivity index (χ3v) is 2.80. The number of rotatable bonds is 2. The maximum absolute atomic E-state index is 11.2. The molecule has 1 aromatic heterocycles. The van der Waals surface area contributed by atoms with Gasteiger partial charge in [-0.05, 0) is 18.2 Å². The minimum atomic E-state index is -0.953. The van der Waals surface area contributed by atoms with E-state index in [9.17, 15) is 4.79 Å². The van der Waals surface area contributed by atoms with E-state index < -0.39 is 5.97 Å². The molecule has 3 aromatic rings. The Morgan fingerprint density at radius 2 is 1.78 bits per heavy atom. The number of carboxylic acid groups (broad SMARTS) is 1. The molecule has 4 heteroatoms. The molecule has 2 N–H and O–H groups in total. The molecule has 0 aliphatic heterocycles. The highest BCUT2D eigenvalue weighted by Gasteiger charge is 2.13. The van der Waals surface area contributed by atoms with E-state index >= 15 is 0 Å². The second kappa shape index (κ2) is 4.00. The van der Waals surface area contributed by atoms with Gasteiger partial charge in [-0.3, -0.25) is 0 Å². The molecule has 18 heavy (non-hydrogen) atoms. The summed E-state index contributed by atoms with van der Waals surface area (Å²) in [6.45, 7) is 0. The molecule has 0 amide bonds. The Morgan fingerprint density at radius 1 is 1.06 bits per heavy atom. The highest BCUT2D eigenvalue weighted by Crippen LogP contribution is 2.23. The Hall–Kier alpha value is -2.62. The second-order valence-corrected chi connectivity index (χ2v) is 3.95. The van der Waals surface area contributed by atoms with Crippen molar-refractivity contribution in [2.75, 3.05) is 0 Å². The molecule has 0 aliphatic rings. The first-order valence-electron chi connectivity index (χ1n) is 5.53. The molecule has 88 valence electrons. The second-order valence-electron chi connectivity index (χ2n) is 3.95. The van der Waals surface area contributed by atoms with Crippen LogP contribution in [-0.4, -0.2) is 21.0 Å². The van der Waals surface area contributed by atoms with Crippen LogP contribution in [0.4, 0.5) is 0 Å². The van der Waals surface area contributed by atoms with Crippen molar-refractivity contribution in [3.05, 3.63) is 54.1 Å². The van der Waals surface area contributed by atoms with Crippen LogP contribution in [0, 0.1) is 0 Å². The average Bonchev–Trinajstić information content (AvgIpc) is 2.82. The molecule has 1 heterocycles. The predicted octanol–water partition coefficient (Wildman–Crippen LogP) is 2.93. The molecule has 0 radical (unpaired) electrons. The SMILES string of the molecule is O=C(O)c1ccccc1-c1nc2ccccc2[nH]1. The van der Waals surface area contributed by atoms with E-state index in [4.69, 9.17) is 5.11 Å². The van der Waals surface area contributed by atoms with Gasteiger partial charge in [-0.25, -0.2) is 9.78 Å². The molecule has 4 nitrogen and oxygen atoms in total. The Balaban J connectivity index is 2.23. The summed E-state index contributed by atoms with van der Waals surface area (Å²) in [5.41, 5.74) is 2.57. The molecule has 0 saturated carbocycles. The van der Waals surface area contributed by atoms with E-state index in [-0.39, 0.29) is 5.56 Å². The van der Waals surface area contributed by atoms with Crippen molar-refractivity contribution in [2.45, 2.75) is 0 Å². The molecule has 0 atom stereocenters. The zero-order valence-corrected chi connectivity index (χ0v) is 9.42. The maximum Gasteiger partial charge on any atom is 0.336 e. The molecule has 0 fully saturated rings. The van der Waals surface area contributed by atoms with Crippen molar-refractivity contribution in [2.24, 2.45) is 0 Å². The largest absolute Gasteiger partial charge is 0.478 e. The smallest absolute Gasteiger partial charge is 0.336 e. The monoisotopic (exact) mass is 238 g/mol. The summed E-state index contributed by atoms with van der Waals surface area (Å²) in [5.74, 6) is -0.375. The average molecular weight is 238 g/mol. The van der Waals surface area contributed by atoms with Crippen LogP contribution in [0.1, 0.15) is 10.4 Å². The normalized spacial score (nSPS) is 10.7.